The number of sulfonamides is 1. The first-order chi connectivity index (χ1) is 19.0. The molecule has 0 aliphatic heterocycles. The maximum Gasteiger partial charge on any atom is 0.273 e. The van der Waals surface area contributed by atoms with Gasteiger partial charge < -0.3 is 4.84 Å². The van der Waals surface area contributed by atoms with E-state index in [-0.39, 0.29) is 10.6 Å². The smallest absolute Gasteiger partial charge is 0.273 e. The molecule has 0 saturated carbocycles. The molecule has 6 nitrogen and oxygen atoms in total. The molecule has 0 bridgehead atoms. The molecule has 0 spiro atoms. The van der Waals surface area contributed by atoms with Crippen LogP contribution in [0.4, 0.5) is 0 Å². The lowest BCUT2D eigenvalue weighted by Gasteiger charge is -2.12. The zero-order chi connectivity index (χ0) is 26.8. The Balaban J connectivity index is 1.20. The first kappa shape index (κ1) is 24.9. The quantitative estimate of drug-likeness (QED) is 0.225. The number of fused-ring (bicyclic) bond motifs is 3. The van der Waals surface area contributed by atoms with Crippen molar-refractivity contribution in [1.82, 2.24) is 9.45 Å². The molecule has 194 valence electrons. The second-order valence-electron chi connectivity index (χ2n) is 9.06. The van der Waals surface area contributed by atoms with E-state index in [1.54, 1.807) is 11.4 Å². The van der Waals surface area contributed by atoms with Crippen LogP contribution in [0.3, 0.4) is 0 Å². The summed E-state index contributed by atoms with van der Waals surface area (Å²) in [4.78, 5) is 18.8. The van der Waals surface area contributed by atoms with Crippen molar-refractivity contribution in [2.75, 3.05) is 0 Å². The van der Waals surface area contributed by atoms with Crippen molar-refractivity contribution in [2.24, 2.45) is 0 Å². The number of hydrogen-bond donors (Lipinski definition) is 1. The second kappa shape index (κ2) is 10.4. The van der Waals surface area contributed by atoms with Crippen LogP contribution in [0.5, 0.6) is 5.75 Å². The van der Waals surface area contributed by atoms with Crippen LogP contribution in [0.1, 0.15) is 12.0 Å². The number of rotatable bonds is 8. The maximum absolute atomic E-state index is 12.5. The number of carbonyl (C=O) groups excluding carboxylic acids is 1. The van der Waals surface area contributed by atoms with Gasteiger partial charge in [0.15, 0.2) is 5.75 Å². The highest BCUT2D eigenvalue weighted by Gasteiger charge is 2.19. The average Bonchev–Trinajstić information content (AvgIpc) is 3.61. The van der Waals surface area contributed by atoms with E-state index in [2.05, 4.69) is 16.9 Å². The number of aryl methyl sites for hydroxylation is 1. The molecule has 0 radical (unpaired) electrons. The molecule has 2 aromatic heterocycles. The van der Waals surface area contributed by atoms with Crippen LogP contribution in [0.2, 0.25) is 0 Å². The summed E-state index contributed by atoms with van der Waals surface area (Å²) in [7, 11) is -3.83. The van der Waals surface area contributed by atoms with Crippen molar-refractivity contribution in [3.63, 3.8) is 0 Å². The highest BCUT2D eigenvalue weighted by atomic mass is 32.2. The molecule has 1 N–H and O–H groups in total. The largest absolute Gasteiger partial charge is 0.375 e. The fourth-order valence-electron chi connectivity index (χ4n) is 4.72. The fraction of sp³-hybridized carbons (Fsp3) is 0.0645. The first-order valence-electron chi connectivity index (χ1n) is 12.4. The molecule has 4 aromatic carbocycles. The van der Waals surface area contributed by atoms with Crippen molar-refractivity contribution >= 4 is 49.1 Å². The molecule has 0 saturated heterocycles. The normalized spacial score (nSPS) is 11.6. The molecule has 0 unspecified atom stereocenters. The lowest BCUT2D eigenvalue weighted by Crippen LogP contribution is -2.30. The molecule has 39 heavy (non-hydrogen) atoms. The van der Waals surface area contributed by atoms with Gasteiger partial charge in [-0.3, -0.25) is 4.79 Å². The van der Waals surface area contributed by atoms with Crippen LogP contribution in [0, 0.1) is 0 Å². The molecule has 0 aliphatic rings. The van der Waals surface area contributed by atoms with Gasteiger partial charge >= 0.3 is 0 Å². The minimum absolute atomic E-state index is 0.0522. The summed E-state index contributed by atoms with van der Waals surface area (Å²) in [6, 6.07) is 35.1. The summed E-state index contributed by atoms with van der Waals surface area (Å²) >= 11 is 1.07. The van der Waals surface area contributed by atoms with Gasteiger partial charge in [0, 0.05) is 17.2 Å². The predicted octanol–water partition coefficient (Wildman–Crippen LogP) is 6.80. The Bertz CT molecular complexity index is 1840. The van der Waals surface area contributed by atoms with E-state index < -0.39 is 15.9 Å². The SMILES string of the molecule is O=C(CCc1ccccc1-c1ccc(On2c3ccccc3c3ccccc32)cc1)NS(=O)(=O)c1cccs1. The first-order valence-corrected chi connectivity index (χ1v) is 14.8. The van der Waals surface area contributed by atoms with Gasteiger partial charge in [-0.2, -0.15) is 4.73 Å². The van der Waals surface area contributed by atoms with Crippen molar-refractivity contribution in [3.05, 3.63) is 120 Å². The number of benzene rings is 4. The Morgan fingerprint density at radius 1 is 0.769 bits per heavy atom. The number of thiophene rings is 1. The molecule has 6 aromatic rings. The minimum atomic E-state index is -3.83. The number of aromatic nitrogens is 1. The topological polar surface area (TPSA) is 77.4 Å². The van der Waals surface area contributed by atoms with E-state index in [1.807, 2.05) is 89.7 Å². The van der Waals surface area contributed by atoms with Crippen LogP contribution >= 0.6 is 11.3 Å². The monoisotopic (exact) mass is 552 g/mol. The summed E-state index contributed by atoms with van der Waals surface area (Å²) in [5, 5.41) is 3.92. The Morgan fingerprint density at radius 3 is 2.08 bits per heavy atom. The fourth-order valence-corrected chi connectivity index (χ4v) is 6.73. The number of carbonyl (C=O) groups is 1. The Labute approximate surface area is 230 Å². The number of amides is 1. The molecular weight excluding hydrogens is 528 g/mol. The van der Waals surface area contributed by atoms with E-state index in [0.29, 0.717) is 12.2 Å². The maximum atomic E-state index is 12.5. The van der Waals surface area contributed by atoms with Crippen molar-refractivity contribution in [3.8, 4) is 16.9 Å². The van der Waals surface area contributed by atoms with Crippen LogP contribution in [0.15, 0.2) is 119 Å². The van der Waals surface area contributed by atoms with Crippen LogP contribution in [-0.4, -0.2) is 19.1 Å². The van der Waals surface area contributed by atoms with Crippen LogP contribution < -0.4 is 9.56 Å². The summed E-state index contributed by atoms with van der Waals surface area (Å²) in [5.74, 6) is 0.161. The van der Waals surface area contributed by atoms with Gasteiger partial charge in [-0.05, 0) is 58.8 Å². The van der Waals surface area contributed by atoms with Gasteiger partial charge in [-0.25, -0.2) is 13.1 Å². The van der Waals surface area contributed by atoms with Gasteiger partial charge in [-0.1, -0.05) is 78.9 Å². The Kier molecular flexibility index (Phi) is 6.64. The van der Waals surface area contributed by atoms with Crippen LogP contribution in [-0.2, 0) is 21.2 Å². The van der Waals surface area contributed by atoms with Crippen molar-refractivity contribution < 1.29 is 18.0 Å². The summed E-state index contributed by atoms with van der Waals surface area (Å²) in [5.41, 5.74) is 4.90. The summed E-state index contributed by atoms with van der Waals surface area (Å²) < 4.78 is 28.9. The third-order valence-corrected chi connectivity index (χ3v) is 9.32. The number of para-hydroxylation sites is 2. The highest BCUT2D eigenvalue weighted by molar-refractivity contribution is 7.92. The molecular formula is C31H24N2O4S2. The molecule has 0 aliphatic carbocycles. The van der Waals surface area contributed by atoms with Gasteiger partial charge in [0.05, 0.1) is 11.0 Å². The van der Waals surface area contributed by atoms with Crippen LogP contribution in [0.25, 0.3) is 32.9 Å². The molecule has 0 atom stereocenters. The third-order valence-electron chi connectivity index (χ3n) is 6.54. The Morgan fingerprint density at radius 2 is 1.41 bits per heavy atom. The molecule has 1 amide bonds. The van der Waals surface area contributed by atoms with Gasteiger partial charge in [0.25, 0.3) is 10.0 Å². The summed E-state index contributed by atoms with van der Waals surface area (Å²) in [6.07, 6.45) is 0.457. The second-order valence-corrected chi connectivity index (χ2v) is 11.9. The van der Waals surface area contributed by atoms with E-state index in [1.165, 1.54) is 6.07 Å². The standard InChI is InChI=1S/C31H24N2O4S2/c34-30(32-39(35,36)31-14-7-21-38-31)20-17-22-8-1-2-9-25(22)23-15-18-24(19-16-23)37-33-28-12-5-3-10-26(28)27-11-4-6-13-29(27)33/h1-16,18-19,21H,17,20H2,(H,32,34). The lowest BCUT2D eigenvalue weighted by atomic mass is 9.96. The number of hydrogen-bond acceptors (Lipinski definition) is 5. The summed E-state index contributed by atoms with van der Waals surface area (Å²) in [6.45, 7) is 0. The average molecular weight is 553 g/mol. The molecule has 8 heteroatoms. The molecule has 0 fully saturated rings. The zero-order valence-corrected chi connectivity index (χ0v) is 22.4. The van der Waals surface area contributed by atoms with E-state index >= 15 is 0 Å². The minimum Gasteiger partial charge on any atom is -0.375 e. The van der Waals surface area contributed by atoms with E-state index in [4.69, 9.17) is 4.84 Å². The molecule has 2 heterocycles. The zero-order valence-electron chi connectivity index (χ0n) is 20.8. The predicted molar refractivity (Wildman–Crippen MR) is 155 cm³/mol. The van der Waals surface area contributed by atoms with E-state index in [0.717, 1.165) is 49.8 Å². The lowest BCUT2D eigenvalue weighted by molar-refractivity contribution is -0.119. The molecule has 6 rings (SSSR count). The number of nitrogens with zero attached hydrogens (tertiary/aromatic N) is 1. The van der Waals surface area contributed by atoms with E-state index in [9.17, 15) is 13.2 Å². The van der Waals surface area contributed by atoms with Gasteiger partial charge in [-0.15, -0.1) is 11.3 Å². The van der Waals surface area contributed by atoms with Crippen molar-refractivity contribution in [2.45, 2.75) is 17.1 Å². The van der Waals surface area contributed by atoms with Gasteiger partial charge in [0.2, 0.25) is 5.91 Å². The highest BCUT2D eigenvalue weighted by Crippen LogP contribution is 2.31. The Hall–Kier alpha value is -4.40. The third kappa shape index (κ3) is 5.04. The number of nitrogens with one attached hydrogen (secondary N) is 1. The van der Waals surface area contributed by atoms with Crippen molar-refractivity contribution in [1.29, 1.82) is 0 Å². The van der Waals surface area contributed by atoms with Gasteiger partial charge in [0.1, 0.15) is 4.21 Å².